The van der Waals surface area contributed by atoms with Crippen molar-refractivity contribution >= 4 is 11.8 Å². The number of ketones is 1. The van der Waals surface area contributed by atoms with Crippen LogP contribution in [-0.2, 0) is 4.79 Å². The van der Waals surface area contributed by atoms with Gasteiger partial charge in [0.15, 0.2) is 5.78 Å². The second-order valence-electron chi connectivity index (χ2n) is 5.10. The van der Waals surface area contributed by atoms with E-state index in [9.17, 15) is 9.59 Å². The Bertz CT molecular complexity index is 452. The molecule has 3 nitrogen and oxygen atoms in total. The summed E-state index contributed by atoms with van der Waals surface area (Å²) in [5.41, 5.74) is 3.83. The standard InChI is InChI=1S/C15H20O3/c1-9-5-11(3)15(12(4)6-9)13(16)7-10(2)8-14(17)18/h5-6,10H,7-8H2,1-4H3,(H,17,18)/t10-/m0/s1. The smallest absolute Gasteiger partial charge is 0.303 e. The molecule has 1 aromatic rings. The number of carbonyl (C=O) groups excluding carboxylic acids is 1. The first-order valence-electron chi connectivity index (χ1n) is 6.14. The number of rotatable bonds is 5. The van der Waals surface area contributed by atoms with Gasteiger partial charge in [-0.1, -0.05) is 24.6 Å². The molecule has 1 aromatic carbocycles. The summed E-state index contributed by atoms with van der Waals surface area (Å²) in [6.07, 6.45) is 0.326. The molecule has 0 aliphatic heterocycles. The highest BCUT2D eigenvalue weighted by molar-refractivity contribution is 5.99. The van der Waals surface area contributed by atoms with Crippen LogP contribution in [0.4, 0.5) is 0 Å². The maximum Gasteiger partial charge on any atom is 0.303 e. The maximum absolute atomic E-state index is 12.2. The van der Waals surface area contributed by atoms with Crippen molar-refractivity contribution < 1.29 is 14.7 Å². The Kier molecular flexibility index (Phi) is 4.65. The number of Topliss-reactive ketones (excluding diaryl/α,β-unsaturated/α-hetero) is 1. The molecular formula is C15H20O3. The van der Waals surface area contributed by atoms with Gasteiger partial charge < -0.3 is 5.11 Å². The van der Waals surface area contributed by atoms with Crippen LogP contribution in [0.2, 0.25) is 0 Å². The minimum atomic E-state index is -0.854. The number of aryl methyl sites for hydroxylation is 3. The number of carbonyl (C=O) groups is 2. The molecule has 0 aliphatic rings. The SMILES string of the molecule is Cc1cc(C)c(C(=O)C[C@H](C)CC(=O)O)c(C)c1. The summed E-state index contributed by atoms with van der Waals surface area (Å²) in [5, 5.41) is 8.70. The summed E-state index contributed by atoms with van der Waals surface area (Å²) >= 11 is 0. The molecule has 98 valence electrons. The van der Waals surface area contributed by atoms with Gasteiger partial charge in [0.05, 0.1) is 0 Å². The number of hydrogen-bond donors (Lipinski definition) is 1. The van der Waals surface area contributed by atoms with Gasteiger partial charge in [-0.05, 0) is 37.8 Å². The zero-order valence-electron chi connectivity index (χ0n) is 11.4. The highest BCUT2D eigenvalue weighted by Gasteiger charge is 2.17. The molecule has 3 heteroatoms. The van der Waals surface area contributed by atoms with E-state index >= 15 is 0 Å². The molecule has 1 N–H and O–H groups in total. The van der Waals surface area contributed by atoms with Crippen molar-refractivity contribution in [1.82, 2.24) is 0 Å². The fraction of sp³-hybridized carbons (Fsp3) is 0.467. The number of hydrogen-bond acceptors (Lipinski definition) is 2. The molecule has 0 aromatic heterocycles. The van der Waals surface area contributed by atoms with Gasteiger partial charge in [0, 0.05) is 18.4 Å². The molecule has 1 atom stereocenters. The summed E-state index contributed by atoms with van der Waals surface area (Å²) in [6, 6.07) is 3.98. The normalized spacial score (nSPS) is 12.2. The minimum Gasteiger partial charge on any atom is -0.481 e. The van der Waals surface area contributed by atoms with E-state index in [2.05, 4.69) is 0 Å². The van der Waals surface area contributed by atoms with E-state index < -0.39 is 5.97 Å². The molecule has 18 heavy (non-hydrogen) atoms. The van der Waals surface area contributed by atoms with Crippen molar-refractivity contribution in [2.75, 3.05) is 0 Å². The van der Waals surface area contributed by atoms with Crippen molar-refractivity contribution in [1.29, 1.82) is 0 Å². The lowest BCUT2D eigenvalue weighted by atomic mass is 9.91. The fourth-order valence-electron chi connectivity index (χ4n) is 2.41. The van der Waals surface area contributed by atoms with E-state index in [1.54, 1.807) is 6.92 Å². The number of carboxylic acids is 1. The summed E-state index contributed by atoms with van der Waals surface area (Å²) in [6.45, 7) is 7.65. The first-order valence-corrected chi connectivity index (χ1v) is 6.14. The molecule has 0 saturated carbocycles. The fourth-order valence-corrected chi connectivity index (χ4v) is 2.41. The number of carboxylic acid groups (broad SMARTS) is 1. The van der Waals surface area contributed by atoms with Crippen LogP contribution in [0, 0.1) is 26.7 Å². The van der Waals surface area contributed by atoms with Crippen molar-refractivity contribution in [3.05, 3.63) is 34.4 Å². The molecule has 0 fully saturated rings. The van der Waals surface area contributed by atoms with Gasteiger partial charge in [-0.3, -0.25) is 9.59 Å². The molecule has 0 heterocycles. The molecule has 0 radical (unpaired) electrons. The molecule has 0 bridgehead atoms. The monoisotopic (exact) mass is 248 g/mol. The Labute approximate surface area is 108 Å². The Morgan fingerprint density at radius 1 is 1.11 bits per heavy atom. The highest BCUT2D eigenvalue weighted by atomic mass is 16.4. The van der Waals surface area contributed by atoms with Crippen LogP contribution in [0.1, 0.15) is 46.8 Å². The second-order valence-corrected chi connectivity index (χ2v) is 5.10. The molecule has 1 rings (SSSR count). The van der Waals surface area contributed by atoms with Crippen LogP contribution in [0.15, 0.2) is 12.1 Å². The molecule has 0 amide bonds. The van der Waals surface area contributed by atoms with Crippen LogP contribution in [-0.4, -0.2) is 16.9 Å². The van der Waals surface area contributed by atoms with Gasteiger partial charge in [0.1, 0.15) is 0 Å². The van der Waals surface area contributed by atoms with Crippen LogP contribution in [0.5, 0.6) is 0 Å². The quantitative estimate of drug-likeness (QED) is 0.813. The van der Waals surface area contributed by atoms with Crippen molar-refractivity contribution in [2.45, 2.75) is 40.5 Å². The summed E-state index contributed by atoms with van der Waals surface area (Å²) < 4.78 is 0. The number of aliphatic carboxylic acids is 1. The third kappa shape index (κ3) is 3.69. The summed E-state index contributed by atoms with van der Waals surface area (Å²) in [5.74, 6) is -0.943. The molecule has 0 unspecified atom stereocenters. The Morgan fingerprint density at radius 2 is 1.61 bits per heavy atom. The molecular weight excluding hydrogens is 228 g/mol. The molecule has 0 spiro atoms. The van der Waals surface area contributed by atoms with Gasteiger partial charge in [-0.15, -0.1) is 0 Å². The third-order valence-corrected chi connectivity index (χ3v) is 3.01. The van der Waals surface area contributed by atoms with Crippen molar-refractivity contribution in [3.8, 4) is 0 Å². The van der Waals surface area contributed by atoms with Crippen molar-refractivity contribution in [2.24, 2.45) is 5.92 Å². The van der Waals surface area contributed by atoms with Gasteiger partial charge in [-0.2, -0.15) is 0 Å². The lowest BCUT2D eigenvalue weighted by Crippen LogP contribution is -2.12. The second kappa shape index (κ2) is 5.80. The van der Waals surface area contributed by atoms with Crippen LogP contribution in [0.3, 0.4) is 0 Å². The van der Waals surface area contributed by atoms with E-state index in [-0.39, 0.29) is 24.5 Å². The van der Waals surface area contributed by atoms with Crippen LogP contribution in [0.25, 0.3) is 0 Å². The van der Waals surface area contributed by atoms with Gasteiger partial charge in [-0.25, -0.2) is 0 Å². The van der Waals surface area contributed by atoms with E-state index in [1.807, 2.05) is 32.9 Å². The topological polar surface area (TPSA) is 54.4 Å². The predicted molar refractivity (Wildman–Crippen MR) is 71.0 cm³/mol. The first kappa shape index (κ1) is 14.4. The largest absolute Gasteiger partial charge is 0.481 e. The molecule has 0 saturated heterocycles. The lowest BCUT2D eigenvalue weighted by molar-refractivity contribution is -0.137. The minimum absolute atomic E-state index is 0.0374. The lowest BCUT2D eigenvalue weighted by Gasteiger charge is -2.12. The van der Waals surface area contributed by atoms with E-state index in [0.717, 1.165) is 22.3 Å². The average molecular weight is 248 g/mol. The number of benzene rings is 1. The predicted octanol–water partition coefficient (Wildman–Crippen LogP) is 3.30. The van der Waals surface area contributed by atoms with Crippen LogP contribution < -0.4 is 0 Å². The van der Waals surface area contributed by atoms with E-state index in [1.165, 1.54) is 0 Å². The zero-order chi connectivity index (χ0) is 13.9. The van der Waals surface area contributed by atoms with E-state index in [4.69, 9.17) is 5.11 Å². The van der Waals surface area contributed by atoms with Crippen LogP contribution >= 0.6 is 0 Å². The molecule has 0 aliphatic carbocycles. The summed E-state index contributed by atoms with van der Waals surface area (Å²) in [4.78, 5) is 22.8. The first-order chi connectivity index (χ1) is 8.31. The Hall–Kier alpha value is -1.64. The third-order valence-electron chi connectivity index (χ3n) is 3.01. The zero-order valence-corrected chi connectivity index (χ0v) is 11.4. The Morgan fingerprint density at radius 3 is 2.06 bits per heavy atom. The Balaban J connectivity index is 2.88. The van der Waals surface area contributed by atoms with E-state index in [0.29, 0.717) is 0 Å². The van der Waals surface area contributed by atoms with Gasteiger partial charge in [0.25, 0.3) is 0 Å². The van der Waals surface area contributed by atoms with Gasteiger partial charge >= 0.3 is 5.97 Å². The van der Waals surface area contributed by atoms with Crippen molar-refractivity contribution in [3.63, 3.8) is 0 Å². The highest BCUT2D eigenvalue weighted by Crippen LogP contribution is 2.21. The maximum atomic E-state index is 12.2. The summed E-state index contributed by atoms with van der Waals surface area (Å²) in [7, 11) is 0. The van der Waals surface area contributed by atoms with Gasteiger partial charge in [0.2, 0.25) is 0 Å². The average Bonchev–Trinajstić information content (AvgIpc) is 2.12.